The number of nitrogens with two attached hydrogens (primary N) is 2. The Morgan fingerprint density at radius 3 is 1.62 bits per heavy atom. The van der Waals surface area contributed by atoms with Gasteiger partial charge in [-0.1, -0.05) is 24.3 Å². The monoisotopic (exact) mass is 898 g/mol. The molecule has 0 aliphatic carbocycles. The quantitative estimate of drug-likeness (QED) is 0.0519. The molecule has 0 radical (unpaired) electrons. The van der Waals surface area contributed by atoms with E-state index in [1.807, 2.05) is 20.8 Å². The van der Waals surface area contributed by atoms with E-state index in [2.05, 4.69) is 33.0 Å². The number of hydrazine groups is 3. The van der Waals surface area contributed by atoms with Gasteiger partial charge in [-0.15, -0.1) is 0 Å². The SMILES string of the molecule is CCO.COc1cccc(C(=O)NN(C(=O)c2ccc(B(O)O)c(C=O)c2)C(C)(C)C)c1C.COc1cccc(C(=O)NN(C(=O)c2ccc3c(c2)C=NNB3O)C(C)(C)C)c1C.NN. The molecule has 0 aromatic heterocycles. The molecule has 348 valence electrons. The fourth-order valence-electron chi connectivity index (χ4n) is 6.15. The summed E-state index contributed by atoms with van der Waals surface area (Å²) in [4.78, 5) is 63.7. The number of aliphatic hydroxyl groups is 1. The lowest BCUT2D eigenvalue weighted by atomic mass is 9.71. The van der Waals surface area contributed by atoms with Crippen molar-refractivity contribution >= 4 is 61.2 Å². The van der Waals surface area contributed by atoms with Gasteiger partial charge >= 0.3 is 14.2 Å². The third-order valence-electron chi connectivity index (χ3n) is 9.44. The van der Waals surface area contributed by atoms with Crippen molar-refractivity contribution in [3.63, 3.8) is 0 Å². The van der Waals surface area contributed by atoms with E-state index in [0.29, 0.717) is 56.6 Å². The van der Waals surface area contributed by atoms with Gasteiger partial charge in [-0.05, 0) is 127 Å². The number of carbonyl (C=O) groups is 5. The Labute approximate surface area is 380 Å². The van der Waals surface area contributed by atoms with E-state index in [-0.39, 0.29) is 29.1 Å². The second-order valence-electron chi connectivity index (χ2n) is 16.1. The Morgan fingerprint density at radius 2 is 1.22 bits per heavy atom. The minimum atomic E-state index is -1.84. The summed E-state index contributed by atoms with van der Waals surface area (Å²) in [7, 11) is 0.278. The van der Waals surface area contributed by atoms with E-state index in [1.54, 1.807) is 109 Å². The zero-order valence-electron chi connectivity index (χ0n) is 38.6. The van der Waals surface area contributed by atoms with Crippen molar-refractivity contribution in [1.82, 2.24) is 26.2 Å². The van der Waals surface area contributed by atoms with Gasteiger partial charge < -0.3 is 35.0 Å². The van der Waals surface area contributed by atoms with Crippen molar-refractivity contribution in [2.75, 3.05) is 20.8 Å². The Kier molecular flexibility index (Phi) is 20.5. The summed E-state index contributed by atoms with van der Waals surface area (Å²) < 4.78 is 10.5. The number of nitrogens with one attached hydrogen (secondary N) is 3. The molecule has 5 rings (SSSR count). The maximum absolute atomic E-state index is 13.3. The predicted molar refractivity (Wildman–Crippen MR) is 250 cm³/mol. The topological polar surface area (TPSA) is 292 Å². The Hall–Kier alpha value is -6.61. The van der Waals surface area contributed by atoms with Crippen LogP contribution in [0.2, 0.25) is 0 Å². The third-order valence-corrected chi connectivity index (χ3v) is 9.44. The minimum Gasteiger partial charge on any atom is -0.496 e. The first-order valence-corrected chi connectivity index (χ1v) is 20.1. The van der Waals surface area contributed by atoms with Crippen molar-refractivity contribution in [3.8, 4) is 11.5 Å². The molecular weight excluding hydrogens is 838 g/mol. The number of fused-ring (bicyclic) bond motifs is 1. The Balaban J connectivity index is 0.000000407. The average molecular weight is 899 g/mol. The fraction of sp³-hybridized carbons (Fsp3) is 0.318. The first kappa shape index (κ1) is 54.5. The lowest BCUT2D eigenvalue weighted by Gasteiger charge is -2.35. The minimum absolute atomic E-state index is 0.0140. The number of aldehydes is 1. The van der Waals surface area contributed by atoms with Gasteiger partial charge in [0.2, 0.25) is 0 Å². The van der Waals surface area contributed by atoms with Crippen molar-refractivity contribution in [2.45, 2.75) is 73.4 Å². The fourth-order valence-corrected chi connectivity index (χ4v) is 6.15. The number of amides is 4. The van der Waals surface area contributed by atoms with Crippen molar-refractivity contribution in [2.24, 2.45) is 16.8 Å². The molecule has 1 aliphatic rings. The first-order chi connectivity index (χ1) is 30.5. The van der Waals surface area contributed by atoms with Gasteiger partial charge in [0.1, 0.15) is 17.8 Å². The van der Waals surface area contributed by atoms with Gasteiger partial charge in [0.15, 0.2) is 0 Å². The Bertz CT molecular complexity index is 2330. The van der Waals surface area contributed by atoms with E-state index in [0.717, 1.165) is 0 Å². The molecule has 11 N–H and O–H groups in total. The summed E-state index contributed by atoms with van der Waals surface area (Å²) in [6, 6.07) is 19.1. The van der Waals surface area contributed by atoms with Crippen LogP contribution in [0, 0.1) is 13.8 Å². The molecular formula is C44H60B2N8O11. The summed E-state index contributed by atoms with van der Waals surface area (Å²) in [5.41, 5.74) is 7.68. The van der Waals surface area contributed by atoms with E-state index in [4.69, 9.17) is 14.6 Å². The second kappa shape index (κ2) is 24.5. The molecule has 4 amide bonds. The summed E-state index contributed by atoms with van der Waals surface area (Å²) in [6.45, 7) is 16.2. The van der Waals surface area contributed by atoms with Crippen LogP contribution >= 0.6 is 0 Å². The Morgan fingerprint density at radius 1 is 0.785 bits per heavy atom. The number of methoxy groups -OCH3 is 2. The smallest absolute Gasteiger partial charge is 0.489 e. The van der Waals surface area contributed by atoms with Crippen molar-refractivity contribution < 1.29 is 53.6 Å². The molecule has 1 heterocycles. The van der Waals surface area contributed by atoms with E-state index >= 15 is 0 Å². The maximum atomic E-state index is 13.3. The molecule has 0 unspecified atom stereocenters. The lowest BCUT2D eigenvalue weighted by Crippen LogP contribution is -2.56. The van der Waals surface area contributed by atoms with Crippen molar-refractivity contribution in [3.05, 3.63) is 117 Å². The molecule has 0 fully saturated rings. The molecule has 0 saturated carbocycles. The number of hydrogen-bond acceptors (Lipinski definition) is 15. The highest BCUT2D eigenvalue weighted by molar-refractivity contribution is 6.65. The summed E-state index contributed by atoms with van der Waals surface area (Å²) >= 11 is 0. The average Bonchev–Trinajstić information content (AvgIpc) is 3.27. The maximum Gasteiger partial charge on any atom is 0.489 e. The number of rotatable bonds is 8. The summed E-state index contributed by atoms with van der Waals surface area (Å²) in [5, 5.41) is 45.1. The molecule has 0 bridgehead atoms. The molecule has 21 heteroatoms. The number of benzene rings is 4. The number of carbonyl (C=O) groups excluding carboxylic acids is 5. The second-order valence-corrected chi connectivity index (χ2v) is 16.1. The zero-order chi connectivity index (χ0) is 49.4. The van der Waals surface area contributed by atoms with Crippen molar-refractivity contribution in [1.29, 1.82) is 0 Å². The highest BCUT2D eigenvalue weighted by Gasteiger charge is 2.33. The normalized spacial score (nSPS) is 11.2. The van der Waals surface area contributed by atoms with Crippen LogP contribution < -0.4 is 48.3 Å². The predicted octanol–water partition coefficient (Wildman–Crippen LogP) is 1.11. The van der Waals surface area contributed by atoms with Gasteiger partial charge in [0.25, 0.3) is 23.6 Å². The molecule has 0 saturated heterocycles. The van der Waals surface area contributed by atoms with Crippen LogP contribution in [0.4, 0.5) is 0 Å². The lowest BCUT2D eigenvalue weighted by molar-refractivity contribution is 0.0356. The number of nitrogens with zero attached hydrogens (tertiary/aromatic N) is 3. The highest BCUT2D eigenvalue weighted by atomic mass is 16.5. The summed E-state index contributed by atoms with van der Waals surface area (Å²) in [5.74, 6) is 7.31. The molecule has 0 spiro atoms. The van der Waals surface area contributed by atoms with E-state index < -0.39 is 43.0 Å². The standard InChI is InChI=1S/C21H25BN4O4.C21H25BN2O6.C2H6O.H4N2/c1-13-16(7-6-8-18(13)30-5)19(27)24-26(21(2,3)4)20(28)14-9-10-17-15(11-14)12-23-25-22(17)29;1-13-16(7-6-8-18(13)30-5)19(26)23-24(21(2,3)4)20(27)14-9-10-17(22(28)29)15(11-14)12-25;1-2-3;1-2/h6-12,25,29H,1-5H3,(H,24,27);6-12,28-29H,1-5H3,(H,23,26);3H,2H2,1H3;1-2H2. The van der Waals surface area contributed by atoms with E-state index in [1.165, 1.54) is 35.3 Å². The van der Waals surface area contributed by atoms with Gasteiger partial charge in [-0.3, -0.25) is 46.5 Å². The van der Waals surface area contributed by atoms with Gasteiger partial charge in [0, 0.05) is 45.6 Å². The highest BCUT2D eigenvalue weighted by Crippen LogP contribution is 2.24. The molecule has 4 aromatic rings. The van der Waals surface area contributed by atoms with Crippen LogP contribution in [0.3, 0.4) is 0 Å². The molecule has 1 aliphatic heterocycles. The van der Waals surface area contributed by atoms with E-state index in [9.17, 15) is 39.0 Å². The van der Waals surface area contributed by atoms with Crippen LogP contribution in [0.25, 0.3) is 0 Å². The summed E-state index contributed by atoms with van der Waals surface area (Å²) in [6.07, 6.45) is 1.98. The van der Waals surface area contributed by atoms with Crippen LogP contribution in [0.1, 0.15) is 117 Å². The van der Waals surface area contributed by atoms with Crippen LogP contribution in [-0.4, -0.2) is 112 Å². The van der Waals surface area contributed by atoms with Crippen LogP contribution in [0.5, 0.6) is 11.5 Å². The number of aliphatic hydroxyl groups excluding tert-OH is 1. The molecule has 65 heavy (non-hydrogen) atoms. The number of hydrogen-bond donors (Lipinski definition) is 9. The zero-order valence-corrected chi connectivity index (χ0v) is 38.6. The first-order valence-electron chi connectivity index (χ1n) is 20.1. The molecule has 0 atom stereocenters. The van der Waals surface area contributed by atoms with Crippen LogP contribution in [-0.2, 0) is 0 Å². The van der Waals surface area contributed by atoms with Crippen LogP contribution in [0.15, 0.2) is 77.9 Å². The largest absolute Gasteiger partial charge is 0.496 e. The number of ether oxygens (including phenoxy) is 2. The third kappa shape index (κ3) is 14.2. The molecule has 19 nitrogen and oxygen atoms in total. The van der Waals surface area contributed by atoms with Gasteiger partial charge in [0.05, 0.1) is 31.5 Å². The number of hydrazone groups is 1. The molecule has 4 aromatic carbocycles. The van der Waals surface area contributed by atoms with Gasteiger partial charge in [-0.25, -0.2) is 10.0 Å². The van der Waals surface area contributed by atoms with Gasteiger partial charge in [-0.2, -0.15) is 5.10 Å².